The van der Waals surface area contributed by atoms with Gasteiger partial charge in [0.2, 0.25) is 5.91 Å². The number of carbonyl (C=O) groups is 2. The van der Waals surface area contributed by atoms with E-state index in [1.54, 1.807) is 6.92 Å². The van der Waals surface area contributed by atoms with E-state index in [4.69, 9.17) is 9.26 Å². The molecule has 2 aliphatic rings. The summed E-state index contributed by atoms with van der Waals surface area (Å²) in [7, 11) is 0. The third-order valence-electron chi connectivity index (χ3n) is 7.06. The second-order valence-electron chi connectivity index (χ2n) is 9.37. The second-order valence-corrected chi connectivity index (χ2v) is 9.37. The molecule has 2 fully saturated rings. The number of rotatable bonds is 6. The summed E-state index contributed by atoms with van der Waals surface area (Å²) in [6.07, 6.45) is 11.0. The lowest BCUT2D eigenvalue weighted by atomic mass is 9.85. The number of nitrogens with zero attached hydrogens (tertiary/aromatic N) is 1. The summed E-state index contributed by atoms with van der Waals surface area (Å²) in [5.74, 6) is 0.140. The fourth-order valence-electron chi connectivity index (χ4n) is 5.04. The fourth-order valence-corrected chi connectivity index (χ4v) is 5.04. The minimum Gasteiger partial charge on any atom is -0.381 e. The van der Waals surface area contributed by atoms with Crippen molar-refractivity contribution in [2.45, 2.75) is 76.7 Å². The van der Waals surface area contributed by atoms with E-state index in [1.165, 1.54) is 31.1 Å². The Hall–Kier alpha value is -2.67. The van der Waals surface area contributed by atoms with Gasteiger partial charge in [-0.3, -0.25) is 9.59 Å². The highest BCUT2D eigenvalue weighted by Crippen LogP contribution is 2.29. The molecule has 1 aromatic carbocycles. The third kappa shape index (κ3) is 6.22. The number of anilines is 1. The maximum absolute atomic E-state index is 13.4. The van der Waals surface area contributed by atoms with Gasteiger partial charge in [0.25, 0.3) is 5.91 Å². The summed E-state index contributed by atoms with van der Waals surface area (Å²) >= 11 is 0. The van der Waals surface area contributed by atoms with E-state index in [0.29, 0.717) is 17.2 Å². The predicted octanol–water partition coefficient (Wildman–Crippen LogP) is 4.97. The van der Waals surface area contributed by atoms with E-state index in [0.717, 1.165) is 57.4 Å². The largest absolute Gasteiger partial charge is 0.381 e. The predicted molar refractivity (Wildman–Crippen MR) is 126 cm³/mol. The van der Waals surface area contributed by atoms with Gasteiger partial charge in [-0.1, -0.05) is 49.4 Å². The van der Waals surface area contributed by atoms with Crippen molar-refractivity contribution in [3.63, 3.8) is 0 Å². The average Bonchev–Trinajstić information content (AvgIpc) is 3.25. The van der Waals surface area contributed by atoms with Crippen molar-refractivity contribution in [2.75, 3.05) is 18.5 Å². The zero-order chi connectivity index (χ0) is 23.0. The number of amides is 2. The Balaban J connectivity index is 1.47. The summed E-state index contributed by atoms with van der Waals surface area (Å²) in [5.41, 5.74) is 2.93. The maximum atomic E-state index is 13.4. The third-order valence-corrected chi connectivity index (χ3v) is 7.06. The number of aryl methyl sites for hydroxylation is 1. The summed E-state index contributed by atoms with van der Waals surface area (Å²) in [4.78, 5) is 26.3. The lowest BCUT2D eigenvalue weighted by molar-refractivity contribution is -0.119. The molecule has 7 heteroatoms. The summed E-state index contributed by atoms with van der Waals surface area (Å²) in [6.45, 7) is 3.33. The van der Waals surface area contributed by atoms with Crippen LogP contribution in [-0.4, -0.2) is 36.2 Å². The molecule has 1 unspecified atom stereocenters. The van der Waals surface area contributed by atoms with Crippen LogP contribution in [0.5, 0.6) is 0 Å². The summed E-state index contributed by atoms with van der Waals surface area (Å²) in [6, 6.07) is 7.51. The van der Waals surface area contributed by atoms with Crippen molar-refractivity contribution < 1.29 is 18.8 Å². The van der Waals surface area contributed by atoms with Crippen LogP contribution in [0, 0.1) is 12.8 Å². The van der Waals surface area contributed by atoms with Gasteiger partial charge in [-0.15, -0.1) is 0 Å². The molecule has 33 heavy (non-hydrogen) atoms. The monoisotopic (exact) mass is 453 g/mol. The highest BCUT2D eigenvalue weighted by Gasteiger charge is 2.31. The van der Waals surface area contributed by atoms with Gasteiger partial charge in [-0.05, 0) is 62.1 Å². The SMILES string of the molecule is Cc1nocc1C(=O)NC(C(=O)Nc1ccc(C2CCOCC2)cc1)C1CCCCCCC1. The van der Waals surface area contributed by atoms with Crippen LogP contribution in [0.2, 0.25) is 0 Å². The van der Waals surface area contributed by atoms with Crippen LogP contribution in [0.1, 0.15) is 85.3 Å². The summed E-state index contributed by atoms with van der Waals surface area (Å²) in [5, 5.41) is 9.85. The van der Waals surface area contributed by atoms with Gasteiger partial charge in [0.05, 0.1) is 5.69 Å². The van der Waals surface area contributed by atoms with Gasteiger partial charge < -0.3 is 19.9 Å². The molecule has 2 heterocycles. The number of hydrogen-bond acceptors (Lipinski definition) is 5. The molecule has 0 bridgehead atoms. The van der Waals surface area contributed by atoms with E-state index in [9.17, 15) is 9.59 Å². The number of carbonyl (C=O) groups excluding carboxylic acids is 2. The number of ether oxygens (including phenoxy) is 1. The Morgan fingerprint density at radius 1 is 0.970 bits per heavy atom. The molecule has 1 saturated heterocycles. The first kappa shape index (κ1) is 23.5. The quantitative estimate of drug-likeness (QED) is 0.644. The molecule has 178 valence electrons. The molecule has 0 spiro atoms. The van der Waals surface area contributed by atoms with Crippen LogP contribution < -0.4 is 10.6 Å². The highest BCUT2D eigenvalue weighted by atomic mass is 16.5. The number of nitrogens with one attached hydrogen (secondary N) is 2. The van der Waals surface area contributed by atoms with E-state index in [1.807, 2.05) is 12.1 Å². The first-order chi connectivity index (χ1) is 16.1. The first-order valence-corrected chi connectivity index (χ1v) is 12.3. The van der Waals surface area contributed by atoms with Gasteiger partial charge in [-0.2, -0.15) is 0 Å². The maximum Gasteiger partial charge on any atom is 0.257 e. The van der Waals surface area contributed by atoms with E-state index >= 15 is 0 Å². The van der Waals surface area contributed by atoms with Crippen molar-refractivity contribution in [3.8, 4) is 0 Å². The molecular formula is C26H35N3O4. The minimum absolute atomic E-state index is 0.107. The number of hydrogen-bond donors (Lipinski definition) is 2. The van der Waals surface area contributed by atoms with E-state index in [-0.39, 0.29) is 17.7 Å². The lowest BCUT2D eigenvalue weighted by Crippen LogP contribution is -2.48. The van der Waals surface area contributed by atoms with Crippen molar-refractivity contribution in [1.29, 1.82) is 0 Å². The Morgan fingerprint density at radius 2 is 1.64 bits per heavy atom. The molecule has 1 aliphatic carbocycles. The minimum atomic E-state index is -0.597. The van der Waals surface area contributed by atoms with E-state index in [2.05, 4.69) is 27.9 Å². The molecule has 1 saturated carbocycles. The molecule has 1 aliphatic heterocycles. The Morgan fingerprint density at radius 3 is 2.27 bits per heavy atom. The molecule has 1 aromatic heterocycles. The molecule has 2 aromatic rings. The fraction of sp³-hybridized carbons (Fsp3) is 0.577. The van der Waals surface area contributed by atoms with Gasteiger partial charge in [0.1, 0.15) is 17.9 Å². The van der Waals surface area contributed by atoms with E-state index < -0.39 is 6.04 Å². The summed E-state index contributed by atoms with van der Waals surface area (Å²) < 4.78 is 10.4. The Labute approximate surface area is 195 Å². The molecule has 1 atom stereocenters. The molecule has 2 N–H and O–H groups in total. The van der Waals surface area contributed by atoms with Crippen LogP contribution in [0.15, 0.2) is 35.1 Å². The second kappa shape index (κ2) is 11.5. The molecular weight excluding hydrogens is 418 g/mol. The van der Waals surface area contributed by atoms with Crippen LogP contribution in [0.25, 0.3) is 0 Å². The Bertz CT molecular complexity index is 910. The lowest BCUT2D eigenvalue weighted by Gasteiger charge is -2.29. The smallest absolute Gasteiger partial charge is 0.257 e. The van der Waals surface area contributed by atoms with Crippen LogP contribution in [0.4, 0.5) is 5.69 Å². The van der Waals surface area contributed by atoms with Gasteiger partial charge in [0, 0.05) is 18.9 Å². The molecule has 4 rings (SSSR count). The van der Waals surface area contributed by atoms with Crippen molar-refractivity contribution in [2.24, 2.45) is 5.92 Å². The highest BCUT2D eigenvalue weighted by molar-refractivity contribution is 6.01. The topological polar surface area (TPSA) is 93.5 Å². The van der Waals surface area contributed by atoms with Gasteiger partial charge >= 0.3 is 0 Å². The standard InChI is InChI=1S/C26H35N3O4/c1-18-23(17-33-29-18)25(30)28-24(21-7-5-3-2-4-6-8-21)26(31)27-22-11-9-19(10-12-22)20-13-15-32-16-14-20/h9-12,17,20-21,24H,2-8,13-16H2,1H3,(H,27,31)(H,28,30). The number of benzene rings is 1. The molecule has 7 nitrogen and oxygen atoms in total. The number of aromatic nitrogens is 1. The van der Waals surface area contributed by atoms with Gasteiger partial charge in [-0.25, -0.2) is 0 Å². The van der Waals surface area contributed by atoms with Gasteiger partial charge in [0.15, 0.2) is 0 Å². The average molecular weight is 454 g/mol. The van der Waals surface area contributed by atoms with Crippen molar-refractivity contribution in [1.82, 2.24) is 10.5 Å². The normalized spacial score (nSPS) is 19.3. The Kier molecular flexibility index (Phi) is 8.15. The van der Waals surface area contributed by atoms with Crippen molar-refractivity contribution >= 4 is 17.5 Å². The zero-order valence-corrected chi connectivity index (χ0v) is 19.5. The molecule has 0 radical (unpaired) electrons. The first-order valence-electron chi connectivity index (χ1n) is 12.3. The van der Waals surface area contributed by atoms with Crippen LogP contribution in [-0.2, 0) is 9.53 Å². The zero-order valence-electron chi connectivity index (χ0n) is 19.5. The van der Waals surface area contributed by atoms with Crippen LogP contribution in [0.3, 0.4) is 0 Å². The van der Waals surface area contributed by atoms with Crippen molar-refractivity contribution in [3.05, 3.63) is 47.3 Å². The van der Waals surface area contributed by atoms with Crippen LogP contribution >= 0.6 is 0 Å². The molecule has 2 amide bonds.